The highest BCUT2D eigenvalue weighted by atomic mass is 32.2. The highest BCUT2D eigenvalue weighted by Gasteiger charge is 2.20. The van der Waals surface area contributed by atoms with Gasteiger partial charge >= 0.3 is 0 Å². The number of nitrogens with one attached hydrogen (secondary N) is 1. The minimum absolute atomic E-state index is 0.00469. The predicted molar refractivity (Wildman–Crippen MR) is 118 cm³/mol. The van der Waals surface area contributed by atoms with E-state index in [1.807, 2.05) is 26.0 Å². The Balaban J connectivity index is 1.91. The average molecular weight is 453 g/mol. The molecular weight excluding hydrogens is 423 g/mol. The van der Waals surface area contributed by atoms with E-state index in [4.69, 9.17) is 9.47 Å². The Morgan fingerprint density at radius 1 is 1.06 bits per heavy atom. The maximum absolute atomic E-state index is 14.0. The van der Waals surface area contributed by atoms with Crippen molar-refractivity contribution in [3.63, 3.8) is 0 Å². The lowest BCUT2D eigenvalue weighted by Gasteiger charge is -2.22. The molecule has 0 atom stereocenters. The fourth-order valence-corrected chi connectivity index (χ4v) is 3.96. The van der Waals surface area contributed by atoms with E-state index in [9.17, 15) is 17.6 Å². The number of para-hydroxylation sites is 1. The first-order valence-electron chi connectivity index (χ1n) is 10.1. The molecule has 0 saturated carbocycles. The molecule has 9 heteroatoms. The average Bonchev–Trinajstić information content (AvgIpc) is 2.71. The quantitative estimate of drug-likeness (QED) is 0.533. The van der Waals surface area contributed by atoms with Crippen molar-refractivity contribution in [1.82, 2.24) is 5.32 Å². The van der Waals surface area contributed by atoms with Crippen molar-refractivity contribution in [2.45, 2.75) is 33.2 Å². The van der Waals surface area contributed by atoms with Crippen molar-refractivity contribution < 1.29 is 27.1 Å². The topological polar surface area (TPSA) is 84.9 Å². The van der Waals surface area contributed by atoms with Crippen molar-refractivity contribution in [2.75, 3.05) is 30.3 Å². The van der Waals surface area contributed by atoms with Gasteiger partial charge in [-0.25, -0.2) is 12.8 Å². The van der Waals surface area contributed by atoms with Crippen LogP contribution in [-0.4, -0.2) is 40.3 Å². The first-order valence-corrected chi connectivity index (χ1v) is 12.0. The van der Waals surface area contributed by atoms with E-state index in [2.05, 4.69) is 5.32 Å². The van der Waals surface area contributed by atoms with E-state index in [1.54, 1.807) is 12.1 Å². The number of nitrogens with zero attached hydrogens (tertiary/aromatic N) is 1. The van der Waals surface area contributed by atoms with E-state index in [1.165, 1.54) is 18.2 Å². The fourth-order valence-electron chi connectivity index (χ4n) is 3.00. The molecular formula is C22H29FN2O5S. The maximum atomic E-state index is 14.0. The van der Waals surface area contributed by atoms with Gasteiger partial charge in [0.1, 0.15) is 5.82 Å². The van der Waals surface area contributed by atoms with Crippen LogP contribution >= 0.6 is 0 Å². The van der Waals surface area contributed by atoms with Gasteiger partial charge in [0.25, 0.3) is 0 Å². The minimum atomic E-state index is -3.68. The van der Waals surface area contributed by atoms with Crippen LogP contribution in [0.25, 0.3) is 0 Å². The molecule has 31 heavy (non-hydrogen) atoms. The number of sulfonamides is 1. The summed E-state index contributed by atoms with van der Waals surface area (Å²) in [6.45, 7) is 5.09. The summed E-state index contributed by atoms with van der Waals surface area (Å²) in [5.74, 6) is 0.407. The van der Waals surface area contributed by atoms with Gasteiger partial charge in [-0.1, -0.05) is 18.2 Å². The Labute approximate surface area is 183 Å². The normalized spacial score (nSPS) is 11.1. The molecule has 0 aliphatic heterocycles. The molecule has 170 valence electrons. The van der Waals surface area contributed by atoms with Gasteiger partial charge in [-0.15, -0.1) is 0 Å². The third-order valence-electron chi connectivity index (χ3n) is 4.38. The number of benzene rings is 2. The number of rotatable bonds is 12. The third-order valence-corrected chi connectivity index (χ3v) is 5.56. The molecule has 2 aromatic carbocycles. The number of halogens is 1. The molecule has 0 aromatic heterocycles. The van der Waals surface area contributed by atoms with Gasteiger partial charge < -0.3 is 14.8 Å². The Bertz CT molecular complexity index is 982. The summed E-state index contributed by atoms with van der Waals surface area (Å²) in [5.41, 5.74) is 0.827. The van der Waals surface area contributed by atoms with E-state index in [-0.39, 0.29) is 31.0 Å². The molecule has 0 spiro atoms. The van der Waals surface area contributed by atoms with Crippen molar-refractivity contribution in [1.29, 1.82) is 0 Å². The molecule has 0 aliphatic carbocycles. The van der Waals surface area contributed by atoms with Crippen LogP contribution in [0.15, 0.2) is 42.5 Å². The van der Waals surface area contributed by atoms with Gasteiger partial charge in [0.2, 0.25) is 15.9 Å². The third kappa shape index (κ3) is 7.43. The molecule has 0 aliphatic rings. The second kappa shape index (κ2) is 11.5. The van der Waals surface area contributed by atoms with Gasteiger partial charge in [0, 0.05) is 19.5 Å². The van der Waals surface area contributed by atoms with Crippen LogP contribution in [0.3, 0.4) is 0 Å². The van der Waals surface area contributed by atoms with Crippen LogP contribution in [0.1, 0.15) is 32.3 Å². The molecule has 2 aromatic rings. The molecule has 1 amide bonds. The van der Waals surface area contributed by atoms with Crippen molar-refractivity contribution >= 4 is 21.6 Å². The van der Waals surface area contributed by atoms with Gasteiger partial charge in [0.05, 0.1) is 25.2 Å². The first kappa shape index (κ1) is 24.5. The predicted octanol–water partition coefficient (Wildman–Crippen LogP) is 3.49. The van der Waals surface area contributed by atoms with Gasteiger partial charge in [-0.05, 0) is 50.1 Å². The lowest BCUT2D eigenvalue weighted by atomic mass is 10.2. The number of hydrogen-bond acceptors (Lipinski definition) is 5. The van der Waals surface area contributed by atoms with E-state index >= 15 is 0 Å². The van der Waals surface area contributed by atoms with Crippen molar-refractivity contribution in [3.8, 4) is 11.5 Å². The Kier molecular flexibility index (Phi) is 9.11. The lowest BCUT2D eigenvalue weighted by molar-refractivity contribution is -0.121. The Morgan fingerprint density at radius 3 is 2.39 bits per heavy atom. The monoisotopic (exact) mass is 452 g/mol. The lowest BCUT2D eigenvalue weighted by Crippen LogP contribution is -2.32. The molecule has 0 radical (unpaired) electrons. The number of carbonyl (C=O) groups excluding carboxylic acids is 1. The summed E-state index contributed by atoms with van der Waals surface area (Å²) in [4.78, 5) is 12.2. The minimum Gasteiger partial charge on any atom is -0.490 e. The van der Waals surface area contributed by atoms with E-state index in [0.717, 1.165) is 16.1 Å². The fraction of sp³-hybridized carbons (Fsp3) is 0.409. The molecule has 0 unspecified atom stereocenters. The summed E-state index contributed by atoms with van der Waals surface area (Å²) in [5, 5.41) is 2.81. The highest BCUT2D eigenvalue weighted by Crippen LogP contribution is 2.28. The Morgan fingerprint density at radius 2 is 1.74 bits per heavy atom. The maximum Gasteiger partial charge on any atom is 0.232 e. The standard InChI is InChI=1S/C22H29FN2O5S/c1-4-29-20-13-12-17(15-21(20)30-5-2)16-24-22(26)11-8-14-25(31(3,27)28)19-10-7-6-9-18(19)23/h6-7,9-10,12-13,15H,4-5,8,11,14,16H2,1-3H3,(H,24,26). The molecule has 0 fully saturated rings. The summed E-state index contributed by atoms with van der Waals surface area (Å²) < 4.78 is 50.2. The SMILES string of the molecule is CCOc1ccc(CNC(=O)CCCN(c2ccccc2F)S(C)(=O)=O)cc1OCC. The van der Waals surface area contributed by atoms with Crippen LogP contribution in [0.5, 0.6) is 11.5 Å². The van der Waals surface area contributed by atoms with Crippen LogP contribution in [0, 0.1) is 5.82 Å². The molecule has 0 bridgehead atoms. The van der Waals surface area contributed by atoms with Crippen LogP contribution in [0.2, 0.25) is 0 Å². The number of anilines is 1. The molecule has 0 heterocycles. The van der Waals surface area contributed by atoms with Crippen LogP contribution in [-0.2, 0) is 21.4 Å². The van der Waals surface area contributed by atoms with Gasteiger partial charge in [-0.3, -0.25) is 9.10 Å². The smallest absolute Gasteiger partial charge is 0.232 e. The molecule has 1 N–H and O–H groups in total. The largest absolute Gasteiger partial charge is 0.490 e. The van der Waals surface area contributed by atoms with Crippen LogP contribution < -0.4 is 19.1 Å². The van der Waals surface area contributed by atoms with Gasteiger partial charge in [0.15, 0.2) is 11.5 Å². The zero-order valence-electron chi connectivity index (χ0n) is 18.1. The van der Waals surface area contributed by atoms with Gasteiger partial charge in [-0.2, -0.15) is 0 Å². The summed E-state index contributed by atoms with van der Waals surface area (Å²) in [6, 6.07) is 11.1. The van der Waals surface area contributed by atoms with Crippen molar-refractivity contribution in [3.05, 3.63) is 53.8 Å². The Hall–Kier alpha value is -2.81. The second-order valence-corrected chi connectivity index (χ2v) is 8.72. The zero-order chi connectivity index (χ0) is 22.9. The number of ether oxygens (including phenoxy) is 2. The first-order chi connectivity index (χ1) is 14.8. The summed E-state index contributed by atoms with van der Waals surface area (Å²) in [7, 11) is -3.68. The van der Waals surface area contributed by atoms with E-state index in [0.29, 0.717) is 31.3 Å². The summed E-state index contributed by atoms with van der Waals surface area (Å²) >= 11 is 0. The molecule has 0 saturated heterocycles. The van der Waals surface area contributed by atoms with Crippen molar-refractivity contribution in [2.24, 2.45) is 0 Å². The van der Waals surface area contributed by atoms with E-state index < -0.39 is 15.8 Å². The van der Waals surface area contributed by atoms with Crippen LogP contribution in [0.4, 0.5) is 10.1 Å². The number of amides is 1. The number of hydrogen-bond donors (Lipinski definition) is 1. The zero-order valence-corrected chi connectivity index (χ0v) is 18.9. The number of carbonyl (C=O) groups is 1. The molecule has 2 rings (SSSR count). The second-order valence-electron chi connectivity index (χ2n) is 6.81. The molecule has 7 nitrogen and oxygen atoms in total. The highest BCUT2D eigenvalue weighted by molar-refractivity contribution is 7.92. The summed E-state index contributed by atoms with van der Waals surface area (Å²) in [6.07, 6.45) is 1.37.